The number of Topliss-reactive ketones (excluding diaryl/α,β-unsaturated/α-hetero) is 8. The largest absolute Gasteiger partial charge is 0.481 e. The molecular weight excluding hydrogens is 1770 g/mol. The maximum absolute atomic E-state index is 12.3. The highest BCUT2D eigenvalue weighted by Crippen LogP contribution is 2.20. The summed E-state index contributed by atoms with van der Waals surface area (Å²) in [6.07, 6.45) is 26.6. The van der Waals surface area contributed by atoms with Gasteiger partial charge in [0.1, 0.15) is 69.1 Å². The normalized spacial score (nSPS) is 11.8. The number of azide groups is 2. The number of carboxylic acid groups (broad SMARTS) is 3. The number of nitrogens with one attached hydrogen (secondary N) is 4. The van der Waals surface area contributed by atoms with Gasteiger partial charge in [0.2, 0.25) is 23.6 Å². The Kier molecular flexibility index (Phi) is 91.6. The summed E-state index contributed by atoms with van der Waals surface area (Å²) in [6, 6.07) is -2.14. The molecule has 0 saturated carbocycles. The molecule has 4 amide bonds. The molecule has 784 valence electrons. The molecule has 0 fully saturated rings. The summed E-state index contributed by atoms with van der Waals surface area (Å²) in [5.41, 5.74) is 15.6. The lowest BCUT2D eigenvalue weighted by atomic mass is 9.91. The predicted octanol–water partition coefficient (Wildman–Crippen LogP) is 13.1. The summed E-state index contributed by atoms with van der Waals surface area (Å²) in [7, 11) is 0. The van der Waals surface area contributed by atoms with Crippen LogP contribution in [0.1, 0.15) is 312 Å². The van der Waals surface area contributed by atoms with Crippen LogP contribution in [0.15, 0.2) is 10.2 Å². The molecule has 0 aliphatic carbocycles. The zero-order valence-corrected chi connectivity index (χ0v) is 83.4. The van der Waals surface area contributed by atoms with E-state index in [1.807, 2.05) is 41.5 Å². The molecule has 0 aliphatic rings. The number of aliphatic carboxylic acids is 3. The minimum Gasteiger partial charge on any atom is -0.481 e. The first-order chi connectivity index (χ1) is 65.2. The lowest BCUT2D eigenvalue weighted by molar-refractivity contribution is -0.144. The van der Waals surface area contributed by atoms with Gasteiger partial charge in [-0.2, -0.15) is 0 Å². The van der Waals surface area contributed by atoms with Gasteiger partial charge in [-0.25, -0.2) is 9.59 Å². The molecule has 0 unspecified atom stereocenters. The van der Waals surface area contributed by atoms with Crippen molar-refractivity contribution < 1.29 is 144 Å². The number of carboxylic acids is 3. The predicted molar refractivity (Wildman–Crippen MR) is 509 cm³/mol. The topological polar surface area (TPSA) is 573 Å². The van der Waals surface area contributed by atoms with Gasteiger partial charge in [0.05, 0.1) is 98.4 Å². The van der Waals surface area contributed by atoms with Crippen LogP contribution in [0.5, 0.6) is 0 Å². The summed E-state index contributed by atoms with van der Waals surface area (Å²) in [5.74, 6) is -5.78. The molecule has 0 radical (unpaired) electrons. The lowest BCUT2D eigenvalue weighted by Gasteiger charge is -2.16. The van der Waals surface area contributed by atoms with Crippen LogP contribution in [0, 0.1) is 16.7 Å². The minimum absolute atomic E-state index is 0.00637. The molecule has 0 bridgehead atoms. The first kappa shape index (κ1) is 132. The van der Waals surface area contributed by atoms with Crippen molar-refractivity contribution in [3.8, 4) is 0 Å². The zero-order chi connectivity index (χ0) is 102. The monoisotopic (exact) mass is 1940 g/mol. The van der Waals surface area contributed by atoms with Crippen LogP contribution in [0.4, 0.5) is 0 Å². The minimum atomic E-state index is -1.17. The molecular formula is C96H170N10O30. The third kappa shape index (κ3) is 96.1. The molecule has 40 heteroatoms. The van der Waals surface area contributed by atoms with Gasteiger partial charge in [-0.3, -0.25) is 62.3 Å². The number of hydrogen-bond donors (Lipinski definition) is 7. The van der Waals surface area contributed by atoms with E-state index in [1.54, 1.807) is 0 Å². The third-order valence-corrected chi connectivity index (χ3v) is 20.5. The van der Waals surface area contributed by atoms with E-state index < -0.39 is 46.7 Å². The van der Waals surface area contributed by atoms with E-state index in [9.17, 15) is 87.2 Å². The van der Waals surface area contributed by atoms with Gasteiger partial charge in [0.15, 0.2) is 28.9 Å². The van der Waals surface area contributed by atoms with Crippen LogP contribution in [-0.4, -0.2) is 300 Å². The fourth-order valence-corrected chi connectivity index (χ4v) is 12.3. The first-order valence-electron chi connectivity index (χ1n) is 49.1. The van der Waals surface area contributed by atoms with Crippen LogP contribution in [0.3, 0.4) is 0 Å². The molecule has 136 heavy (non-hydrogen) atoms. The number of ketones is 8. The maximum Gasteiger partial charge on any atom is 0.326 e. The van der Waals surface area contributed by atoms with Gasteiger partial charge in [-0.15, -0.1) is 0 Å². The van der Waals surface area contributed by atoms with E-state index in [4.69, 9.17) is 67.9 Å². The highest BCUT2D eigenvalue weighted by atomic mass is 16.6. The van der Waals surface area contributed by atoms with Crippen molar-refractivity contribution in [2.24, 2.45) is 27.0 Å². The van der Waals surface area contributed by atoms with E-state index in [-0.39, 0.29) is 233 Å². The molecule has 0 saturated heterocycles. The molecule has 0 aromatic heterocycles. The van der Waals surface area contributed by atoms with Crippen molar-refractivity contribution in [3.05, 3.63) is 20.9 Å². The fraction of sp³-hybridized carbons (Fsp3) is 0.844. The molecule has 0 heterocycles. The molecule has 7 N–H and O–H groups in total. The van der Waals surface area contributed by atoms with Crippen LogP contribution < -0.4 is 21.3 Å². The second-order valence-corrected chi connectivity index (χ2v) is 35.2. The van der Waals surface area contributed by atoms with Gasteiger partial charge < -0.3 is 93.4 Å². The first-order valence-corrected chi connectivity index (χ1v) is 49.1. The van der Waals surface area contributed by atoms with Gasteiger partial charge in [-0.05, 0) is 95.0 Å². The van der Waals surface area contributed by atoms with Gasteiger partial charge >= 0.3 is 17.9 Å². The standard InChI is InChI=1S/C39H69N5O13.C33H58N4O10.C24H43NO7/c1-39(2,3)35(47)30-56-27-23-53-21-12-14-33(46)29-55-26-25-54-22-19-41-37(49)31-57-28-24-52-20-11-13-32(45)16-17-34(38(50)51)43-36(48)15-9-7-5-4-6-8-10-18-42-44-40;1-33(2,3)30(40)26-47-23-20-44-18-11-13-29(39)25-46-22-21-45-19-17-35-31(41)15-14-27(32(42)43)24-28(38)12-9-7-5-4-6-8-10-16-36-37-34;1-3-4-5-6-7-8-9-10-13-23(28)25-22(24(29)30)15-14-21(27)12-11-16-31-17-18-32-19-20(2)26/h34H,4-31H2,1-3H3,(H,41,49)(H,43,48)(H,50,51);27H,4-26H2,1-3H3,(H,35,41)(H,42,43);22H,3-19H2,1-2H3,(H,25,28)(H,29,30)/t34-;27-;22-/m111/s1. The van der Waals surface area contributed by atoms with Crippen LogP contribution in [0.25, 0.3) is 20.9 Å². The summed E-state index contributed by atoms with van der Waals surface area (Å²) >= 11 is 0. The number of unbranched alkanes of at least 4 members (excludes halogenated alkanes) is 19. The number of amides is 4. The van der Waals surface area contributed by atoms with E-state index in [0.717, 1.165) is 103 Å². The number of rotatable bonds is 97. The Balaban J connectivity index is -0.00000203. The Morgan fingerprint density at radius 3 is 0.941 bits per heavy atom. The summed E-state index contributed by atoms with van der Waals surface area (Å²) in [6.45, 7) is 21.8. The Morgan fingerprint density at radius 1 is 0.294 bits per heavy atom. The summed E-state index contributed by atoms with van der Waals surface area (Å²) < 4.78 is 64.0. The van der Waals surface area contributed by atoms with Crippen molar-refractivity contribution in [2.45, 2.75) is 324 Å². The summed E-state index contributed by atoms with van der Waals surface area (Å²) in [4.78, 5) is 183. The number of carbonyl (C=O) groups excluding carboxylic acids is 12. The van der Waals surface area contributed by atoms with Crippen LogP contribution in [-0.2, 0) is 129 Å². The third-order valence-electron chi connectivity index (χ3n) is 20.5. The molecule has 3 atom stereocenters. The molecule has 0 aliphatic heterocycles. The zero-order valence-electron chi connectivity index (χ0n) is 83.4. The number of hydrogen-bond acceptors (Lipinski definition) is 29. The van der Waals surface area contributed by atoms with Gasteiger partial charge in [0.25, 0.3) is 0 Å². The van der Waals surface area contributed by atoms with Crippen molar-refractivity contribution in [1.82, 2.24) is 21.3 Å². The summed E-state index contributed by atoms with van der Waals surface area (Å²) in [5, 5.41) is 45.7. The molecule has 0 spiro atoms. The van der Waals surface area contributed by atoms with Gasteiger partial charge in [0, 0.05) is 144 Å². The second-order valence-electron chi connectivity index (χ2n) is 35.2. The van der Waals surface area contributed by atoms with E-state index in [0.29, 0.717) is 143 Å². The van der Waals surface area contributed by atoms with E-state index >= 15 is 0 Å². The molecule has 40 nitrogen and oxygen atoms in total. The maximum atomic E-state index is 12.3. The van der Waals surface area contributed by atoms with Crippen molar-refractivity contribution in [3.63, 3.8) is 0 Å². The number of nitrogens with zero attached hydrogens (tertiary/aromatic N) is 6. The second kappa shape index (κ2) is 94.4. The van der Waals surface area contributed by atoms with Crippen LogP contribution in [0.2, 0.25) is 0 Å². The quantitative estimate of drug-likeness (QED) is 0.0129. The average molecular weight is 1940 g/mol. The average Bonchev–Trinajstić information content (AvgIpc) is 0.936. The van der Waals surface area contributed by atoms with Crippen molar-refractivity contribution in [2.75, 3.05) is 185 Å². The fourth-order valence-electron chi connectivity index (χ4n) is 12.3. The Morgan fingerprint density at radius 2 is 0.596 bits per heavy atom. The van der Waals surface area contributed by atoms with Crippen molar-refractivity contribution in [1.29, 1.82) is 0 Å². The Labute approximate surface area is 806 Å². The SMILES string of the molecule is CC(C)(C)C(=O)COCCOCCCC(=O)COCCOCCNC(=O)CC[C@H](CC(=O)CCCCCCCCCN=[N+]=[N-])C(=O)O.CC(C)(C)C(=O)COCCOCCCC(=O)COCCOCCNC(=O)COCCOCCCC(=O)CC[C@@H](NC(=O)CCCCCCCCCN=[N+]=[N-])C(=O)O.CCCCCCCCCCC(=O)N[C@H](CCC(=O)CCCOCCOCC(C)=O)C(=O)O. The molecule has 0 aromatic carbocycles. The van der Waals surface area contributed by atoms with E-state index in [2.05, 4.69) is 48.2 Å². The smallest absolute Gasteiger partial charge is 0.326 e. The van der Waals surface area contributed by atoms with E-state index in [1.165, 1.54) is 39.0 Å². The number of carbonyl (C=O) groups is 15. The van der Waals surface area contributed by atoms with Crippen LogP contribution >= 0.6 is 0 Å². The lowest BCUT2D eigenvalue weighted by Crippen LogP contribution is -2.41. The van der Waals surface area contributed by atoms with Crippen molar-refractivity contribution >= 4 is 87.8 Å². The molecule has 0 rings (SSSR count). The van der Waals surface area contributed by atoms with Gasteiger partial charge in [-0.1, -0.05) is 168 Å². The highest BCUT2D eigenvalue weighted by molar-refractivity contribution is 5.88. The highest BCUT2D eigenvalue weighted by Gasteiger charge is 2.26. The Hall–Kier alpha value is -8.21. The molecule has 0 aromatic rings. The Bertz CT molecular complexity index is 3310. The number of ether oxygens (including phenoxy) is 12.